The fourth-order valence-corrected chi connectivity index (χ4v) is 0.701. The number of carbonyl (C=O) groups is 1. The maximum atomic E-state index is 10.4. The molecule has 0 aromatic carbocycles. The van der Waals surface area contributed by atoms with Crippen LogP contribution in [0.2, 0.25) is 0 Å². The quantitative estimate of drug-likeness (QED) is 0.677. The largest absolute Gasteiger partial charge is 0.290 e. The van der Waals surface area contributed by atoms with E-state index in [2.05, 4.69) is 31.9 Å². The van der Waals surface area contributed by atoms with Crippen LogP contribution in [0.25, 0.3) is 0 Å². The molecular formula is C5H4Br2O. The van der Waals surface area contributed by atoms with Gasteiger partial charge in [-0.2, -0.15) is 0 Å². The third-order valence-corrected chi connectivity index (χ3v) is 0.983. The fraction of sp³-hybridized carbons (Fsp3) is 0. The molecule has 0 saturated carbocycles. The molecule has 0 aliphatic carbocycles. The first-order valence-electron chi connectivity index (χ1n) is 1.88. The van der Waals surface area contributed by atoms with Gasteiger partial charge < -0.3 is 0 Å². The number of ketones is 1. The zero-order valence-electron chi connectivity index (χ0n) is 3.97. The minimum Gasteiger partial charge on any atom is -0.290 e. The van der Waals surface area contributed by atoms with Gasteiger partial charge in [-0.05, 0) is 22.1 Å². The van der Waals surface area contributed by atoms with Crippen LogP contribution in [0, 0.1) is 0 Å². The third-order valence-electron chi connectivity index (χ3n) is 0.455. The zero-order valence-corrected chi connectivity index (χ0v) is 7.15. The van der Waals surface area contributed by atoms with Crippen molar-refractivity contribution in [1.29, 1.82) is 0 Å². The Morgan fingerprint density at radius 1 is 1.12 bits per heavy atom. The van der Waals surface area contributed by atoms with Crippen molar-refractivity contribution in [2.75, 3.05) is 0 Å². The fourth-order valence-electron chi connectivity index (χ4n) is 0.180. The van der Waals surface area contributed by atoms with Crippen LogP contribution in [-0.2, 0) is 4.79 Å². The standard InChI is InChI=1S/C5H4Br2O/c6-3-1-5(8)2-4-7/h1-4H. The van der Waals surface area contributed by atoms with Gasteiger partial charge in [-0.1, -0.05) is 31.9 Å². The lowest BCUT2D eigenvalue weighted by Crippen LogP contribution is -1.80. The summed E-state index contributed by atoms with van der Waals surface area (Å²) in [5.74, 6) is -0.0428. The summed E-state index contributed by atoms with van der Waals surface area (Å²) < 4.78 is 0. The monoisotopic (exact) mass is 238 g/mol. The number of rotatable bonds is 2. The molecule has 1 nitrogen and oxygen atoms in total. The molecule has 0 aliphatic rings. The molecule has 44 valence electrons. The summed E-state index contributed by atoms with van der Waals surface area (Å²) in [6.07, 6.45) is 2.83. The number of carbonyl (C=O) groups excluding carboxylic acids is 1. The molecule has 0 unspecified atom stereocenters. The molecular weight excluding hydrogens is 236 g/mol. The molecule has 8 heavy (non-hydrogen) atoms. The van der Waals surface area contributed by atoms with E-state index in [-0.39, 0.29) is 5.78 Å². The normalized spacial score (nSPS) is 11.2. The predicted molar refractivity (Wildman–Crippen MR) is 41.1 cm³/mol. The molecule has 0 saturated heterocycles. The smallest absolute Gasteiger partial charge is 0.179 e. The Balaban J connectivity index is 3.66. The Morgan fingerprint density at radius 2 is 1.50 bits per heavy atom. The topological polar surface area (TPSA) is 17.1 Å². The summed E-state index contributed by atoms with van der Waals surface area (Å²) in [4.78, 5) is 13.4. The second-order valence-corrected chi connectivity index (χ2v) is 2.05. The Labute approximate surface area is 64.7 Å². The highest BCUT2D eigenvalue weighted by Crippen LogP contribution is 1.88. The Hall–Kier alpha value is 0.110. The Morgan fingerprint density at radius 3 is 1.75 bits per heavy atom. The van der Waals surface area contributed by atoms with Gasteiger partial charge in [0.1, 0.15) is 0 Å². The van der Waals surface area contributed by atoms with Crippen molar-refractivity contribution in [1.82, 2.24) is 0 Å². The minimum absolute atomic E-state index is 0.0428. The molecule has 0 radical (unpaired) electrons. The second kappa shape index (κ2) is 5.25. The summed E-state index contributed by atoms with van der Waals surface area (Å²) in [7, 11) is 0. The lowest BCUT2D eigenvalue weighted by Gasteiger charge is -1.73. The number of halogens is 2. The molecule has 0 rings (SSSR count). The summed E-state index contributed by atoms with van der Waals surface area (Å²) in [6.45, 7) is 0. The van der Waals surface area contributed by atoms with Crippen LogP contribution in [0.3, 0.4) is 0 Å². The van der Waals surface area contributed by atoms with Gasteiger partial charge in [0.05, 0.1) is 0 Å². The van der Waals surface area contributed by atoms with E-state index in [0.29, 0.717) is 0 Å². The van der Waals surface area contributed by atoms with Gasteiger partial charge >= 0.3 is 0 Å². The van der Waals surface area contributed by atoms with Gasteiger partial charge in [0, 0.05) is 0 Å². The van der Waals surface area contributed by atoms with Crippen LogP contribution in [0.4, 0.5) is 0 Å². The average Bonchev–Trinajstić information content (AvgIpc) is 1.68. The van der Waals surface area contributed by atoms with Crippen molar-refractivity contribution in [2.45, 2.75) is 0 Å². The summed E-state index contributed by atoms with van der Waals surface area (Å²) in [5, 5.41) is 0. The van der Waals surface area contributed by atoms with Gasteiger partial charge in [-0.25, -0.2) is 0 Å². The molecule has 0 amide bonds. The molecule has 0 N–H and O–H groups in total. The lowest BCUT2D eigenvalue weighted by molar-refractivity contribution is -0.110. The third kappa shape index (κ3) is 4.27. The molecule has 0 fully saturated rings. The van der Waals surface area contributed by atoms with E-state index < -0.39 is 0 Å². The van der Waals surface area contributed by atoms with E-state index in [9.17, 15) is 4.79 Å². The predicted octanol–water partition coefficient (Wildman–Crippen LogP) is 2.37. The van der Waals surface area contributed by atoms with Crippen molar-refractivity contribution in [3.63, 3.8) is 0 Å². The highest BCUT2D eigenvalue weighted by atomic mass is 79.9. The zero-order chi connectivity index (χ0) is 6.41. The number of hydrogen-bond acceptors (Lipinski definition) is 1. The van der Waals surface area contributed by atoms with Crippen molar-refractivity contribution in [2.24, 2.45) is 0 Å². The van der Waals surface area contributed by atoms with E-state index in [0.717, 1.165) is 0 Å². The van der Waals surface area contributed by atoms with E-state index in [1.165, 1.54) is 22.1 Å². The van der Waals surface area contributed by atoms with Crippen molar-refractivity contribution < 1.29 is 4.79 Å². The van der Waals surface area contributed by atoms with Crippen LogP contribution in [0.1, 0.15) is 0 Å². The summed E-state index contributed by atoms with van der Waals surface area (Å²) in [5.41, 5.74) is 0. The number of hydrogen-bond donors (Lipinski definition) is 0. The van der Waals surface area contributed by atoms with Crippen LogP contribution < -0.4 is 0 Å². The van der Waals surface area contributed by atoms with Crippen LogP contribution in [0.15, 0.2) is 22.1 Å². The van der Waals surface area contributed by atoms with Crippen LogP contribution >= 0.6 is 31.9 Å². The molecule has 0 atom stereocenters. The van der Waals surface area contributed by atoms with Gasteiger partial charge in [0.15, 0.2) is 5.78 Å². The Kier molecular flexibility index (Phi) is 5.32. The van der Waals surface area contributed by atoms with Crippen molar-refractivity contribution in [3.05, 3.63) is 22.1 Å². The molecule has 0 spiro atoms. The highest BCUT2D eigenvalue weighted by Gasteiger charge is 1.82. The van der Waals surface area contributed by atoms with Gasteiger partial charge in [0.25, 0.3) is 0 Å². The molecule has 0 heterocycles. The number of allylic oxidation sites excluding steroid dienone is 2. The maximum Gasteiger partial charge on any atom is 0.179 e. The first kappa shape index (κ1) is 8.11. The average molecular weight is 240 g/mol. The first-order valence-corrected chi connectivity index (χ1v) is 3.72. The van der Waals surface area contributed by atoms with Crippen LogP contribution in [0.5, 0.6) is 0 Å². The summed E-state index contributed by atoms with van der Waals surface area (Å²) >= 11 is 5.94. The maximum absolute atomic E-state index is 10.4. The van der Waals surface area contributed by atoms with Crippen molar-refractivity contribution >= 4 is 37.6 Å². The Bertz CT molecular complexity index is 112. The minimum atomic E-state index is -0.0428. The molecule has 0 aromatic rings. The van der Waals surface area contributed by atoms with Gasteiger partial charge in [0.2, 0.25) is 0 Å². The van der Waals surface area contributed by atoms with Crippen LogP contribution in [-0.4, -0.2) is 5.78 Å². The van der Waals surface area contributed by atoms with Gasteiger partial charge in [-0.3, -0.25) is 4.79 Å². The molecule has 3 heteroatoms. The van der Waals surface area contributed by atoms with E-state index >= 15 is 0 Å². The van der Waals surface area contributed by atoms with Crippen molar-refractivity contribution in [3.8, 4) is 0 Å². The van der Waals surface area contributed by atoms with E-state index in [1.54, 1.807) is 0 Å². The SMILES string of the molecule is O=C(C=CBr)C=CBr. The summed E-state index contributed by atoms with van der Waals surface area (Å²) in [6, 6.07) is 0. The second-order valence-electron chi connectivity index (χ2n) is 0.988. The molecule has 0 aliphatic heterocycles. The van der Waals surface area contributed by atoms with Gasteiger partial charge in [-0.15, -0.1) is 0 Å². The highest BCUT2D eigenvalue weighted by molar-refractivity contribution is 9.11. The van der Waals surface area contributed by atoms with E-state index in [4.69, 9.17) is 0 Å². The molecule has 0 aromatic heterocycles. The lowest BCUT2D eigenvalue weighted by atomic mass is 10.4. The first-order chi connectivity index (χ1) is 3.81. The molecule has 0 bridgehead atoms. The van der Waals surface area contributed by atoms with E-state index in [1.807, 2.05) is 0 Å².